The Hall–Kier alpha value is -4.08. The molecular formula is C30H34Cl4N8. The van der Waals surface area contributed by atoms with Crippen molar-refractivity contribution < 1.29 is 0 Å². The minimum atomic E-state index is 0. The lowest BCUT2D eigenvalue weighted by Gasteiger charge is -2.07. The third-order valence-corrected chi connectivity index (χ3v) is 6.00. The molecule has 0 aliphatic carbocycles. The zero-order chi connectivity index (χ0) is 27.1. The normalized spacial score (nSPS) is 11.8. The molecule has 0 spiro atoms. The van der Waals surface area contributed by atoms with E-state index in [9.17, 15) is 0 Å². The Labute approximate surface area is 270 Å². The van der Waals surface area contributed by atoms with Gasteiger partial charge in [-0.15, -0.1) is 49.6 Å². The van der Waals surface area contributed by atoms with Crippen molar-refractivity contribution in [1.29, 1.82) is 0 Å². The van der Waals surface area contributed by atoms with E-state index < -0.39 is 0 Å². The van der Waals surface area contributed by atoms with Crippen molar-refractivity contribution in [2.45, 2.75) is 0 Å². The maximum atomic E-state index is 6.25. The average molecular weight is 648 g/mol. The molecule has 0 amide bonds. The number of halogens is 4. The van der Waals surface area contributed by atoms with E-state index in [2.05, 4.69) is 20.0 Å². The van der Waals surface area contributed by atoms with Gasteiger partial charge in [-0.3, -0.25) is 9.98 Å². The van der Waals surface area contributed by atoms with Crippen LogP contribution in [0.1, 0.15) is 22.3 Å². The fourth-order valence-electron chi connectivity index (χ4n) is 3.75. The molecule has 0 atom stereocenters. The van der Waals surface area contributed by atoms with Crippen molar-refractivity contribution in [3.05, 3.63) is 119 Å². The topological polar surface area (TPSA) is 154 Å². The van der Waals surface area contributed by atoms with Crippen molar-refractivity contribution in [2.24, 2.45) is 42.9 Å². The minimum absolute atomic E-state index is 0. The summed E-state index contributed by atoms with van der Waals surface area (Å²) in [5.74, 6) is 1.81. The van der Waals surface area contributed by atoms with E-state index in [4.69, 9.17) is 22.9 Å². The highest BCUT2D eigenvalue weighted by Crippen LogP contribution is 2.22. The number of benzene rings is 4. The highest BCUT2D eigenvalue weighted by atomic mass is 35.5. The van der Waals surface area contributed by atoms with Gasteiger partial charge in [0.15, 0.2) is 0 Å². The second-order valence-corrected chi connectivity index (χ2v) is 8.46. The predicted octanol–water partition coefficient (Wildman–Crippen LogP) is 5.79. The summed E-state index contributed by atoms with van der Waals surface area (Å²) < 4.78 is 0. The Morgan fingerprint density at radius 3 is 0.881 bits per heavy atom. The van der Waals surface area contributed by atoms with E-state index in [-0.39, 0.29) is 49.6 Å². The molecule has 12 heteroatoms. The van der Waals surface area contributed by atoms with Crippen LogP contribution in [0.5, 0.6) is 0 Å². The quantitative estimate of drug-likeness (QED) is 0.148. The zero-order valence-electron chi connectivity index (χ0n) is 23.0. The molecule has 4 aromatic rings. The van der Waals surface area contributed by atoms with Gasteiger partial charge in [0.05, 0.1) is 11.4 Å². The van der Waals surface area contributed by atoms with E-state index in [0.29, 0.717) is 23.3 Å². The SMILES string of the molecule is CN=C(N)c1ccc(N=C(N)c2ccc(-c3ccc(C(N)=Nc4ccc(C(N)=NC)cc4)cc3)cc2)cc1.Cl.Cl.Cl.Cl. The third kappa shape index (κ3) is 9.49. The Morgan fingerprint density at radius 2 is 0.619 bits per heavy atom. The molecule has 8 nitrogen and oxygen atoms in total. The molecule has 0 saturated heterocycles. The Bertz CT molecular complexity index is 1410. The van der Waals surface area contributed by atoms with E-state index in [0.717, 1.165) is 44.8 Å². The molecule has 0 aliphatic rings. The van der Waals surface area contributed by atoms with Gasteiger partial charge in [-0.1, -0.05) is 48.5 Å². The van der Waals surface area contributed by atoms with Crippen LogP contribution >= 0.6 is 49.6 Å². The second-order valence-electron chi connectivity index (χ2n) is 8.46. The summed E-state index contributed by atoms with van der Waals surface area (Å²) in [6.45, 7) is 0. The fraction of sp³-hybridized carbons (Fsp3) is 0.0667. The maximum Gasteiger partial charge on any atom is 0.131 e. The summed E-state index contributed by atoms with van der Waals surface area (Å²) in [4.78, 5) is 17.0. The van der Waals surface area contributed by atoms with Crippen LogP contribution in [0.2, 0.25) is 0 Å². The molecule has 42 heavy (non-hydrogen) atoms. The van der Waals surface area contributed by atoms with Crippen LogP contribution in [0.4, 0.5) is 11.4 Å². The Kier molecular flexibility index (Phi) is 16.0. The number of rotatable bonds is 7. The molecule has 0 aromatic heterocycles. The number of hydrogen-bond acceptors (Lipinski definition) is 4. The largest absolute Gasteiger partial charge is 0.384 e. The number of hydrogen-bond donors (Lipinski definition) is 4. The van der Waals surface area contributed by atoms with Crippen molar-refractivity contribution >= 4 is 84.3 Å². The summed E-state index contributed by atoms with van der Waals surface area (Å²) in [6.07, 6.45) is 0. The van der Waals surface area contributed by atoms with Gasteiger partial charge in [-0.05, 0) is 59.7 Å². The minimum Gasteiger partial charge on any atom is -0.384 e. The number of nitrogens with zero attached hydrogens (tertiary/aromatic N) is 4. The average Bonchev–Trinajstić information content (AvgIpc) is 2.97. The van der Waals surface area contributed by atoms with Crippen LogP contribution < -0.4 is 22.9 Å². The van der Waals surface area contributed by atoms with Gasteiger partial charge in [0.25, 0.3) is 0 Å². The summed E-state index contributed by atoms with van der Waals surface area (Å²) in [6, 6.07) is 30.8. The van der Waals surface area contributed by atoms with Crippen molar-refractivity contribution in [2.75, 3.05) is 14.1 Å². The first-order chi connectivity index (χ1) is 18.4. The van der Waals surface area contributed by atoms with Gasteiger partial charge in [0.1, 0.15) is 23.3 Å². The maximum absolute atomic E-state index is 6.25. The van der Waals surface area contributed by atoms with E-state index in [1.807, 2.05) is 97.1 Å². The van der Waals surface area contributed by atoms with Crippen LogP contribution in [-0.4, -0.2) is 37.4 Å². The number of aliphatic imine (C=N–C) groups is 4. The summed E-state index contributed by atoms with van der Waals surface area (Å²) in [5.41, 5.74) is 31.1. The standard InChI is InChI=1S/C30H30N8.4ClH/c1-35-27(31)21-11-15-25(16-12-21)37-29(33)23-7-3-19(4-8-23)20-5-9-24(10-6-20)30(34)38-26-17-13-22(14-18-26)28(32)36-2;;;;/h3-18H,1-2H3,(H2,31,35)(H2,32,36)(H2,33,37)(H2,34,38);4*1H. The van der Waals surface area contributed by atoms with Crippen LogP contribution in [0, 0.1) is 0 Å². The molecule has 0 radical (unpaired) electrons. The van der Waals surface area contributed by atoms with Crippen LogP contribution in [0.25, 0.3) is 11.1 Å². The molecule has 0 fully saturated rings. The first-order valence-corrected chi connectivity index (χ1v) is 11.9. The lowest BCUT2D eigenvalue weighted by atomic mass is 10.0. The molecule has 0 aliphatic heterocycles. The zero-order valence-corrected chi connectivity index (χ0v) is 26.2. The van der Waals surface area contributed by atoms with E-state index in [1.54, 1.807) is 14.1 Å². The van der Waals surface area contributed by atoms with E-state index in [1.165, 1.54) is 0 Å². The molecule has 8 N–H and O–H groups in total. The summed E-state index contributed by atoms with van der Waals surface area (Å²) in [7, 11) is 3.31. The predicted molar refractivity (Wildman–Crippen MR) is 188 cm³/mol. The third-order valence-electron chi connectivity index (χ3n) is 6.00. The van der Waals surface area contributed by atoms with Gasteiger partial charge in [0.2, 0.25) is 0 Å². The van der Waals surface area contributed by atoms with E-state index >= 15 is 0 Å². The first kappa shape index (κ1) is 37.9. The molecule has 0 bridgehead atoms. The van der Waals surface area contributed by atoms with Gasteiger partial charge in [0, 0.05) is 36.3 Å². The summed E-state index contributed by atoms with van der Waals surface area (Å²) in [5, 5.41) is 0. The fourth-order valence-corrected chi connectivity index (χ4v) is 3.75. The van der Waals surface area contributed by atoms with Gasteiger partial charge < -0.3 is 22.9 Å². The molecule has 4 aromatic carbocycles. The van der Waals surface area contributed by atoms with Crippen molar-refractivity contribution in [3.63, 3.8) is 0 Å². The molecule has 0 saturated carbocycles. The van der Waals surface area contributed by atoms with Crippen LogP contribution in [-0.2, 0) is 0 Å². The Morgan fingerprint density at radius 1 is 0.381 bits per heavy atom. The van der Waals surface area contributed by atoms with Gasteiger partial charge in [-0.2, -0.15) is 0 Å². The van der Waals surface area contributed by atoms with Crippen LogP contribution in [0.15, 0.2) is 117 Å². The lowest BCUT2D eigenvalue weighted by Crippen LogP contribution is -2.13. The lowest BCUT2D eigenvalue weighted by molar-refractivity contribution is 1.38. The van der Waals surface area contributed by atoms with Crippen molar-refractivity contribution in [3.8, 4) is 11.1 Å². The Balaban J connectivity index is 0.00000420. The molecule has 222 valence electrons. The monoisotopic (exact) mass is 646 g/mol. The van der Waals surface area contributed by atoms with Gasteiger partial charge in [-0.25, -0.2) is 9.98 Å². The van der Waals surface area contributed by atoms with Gasteiger partial charge >= 0.3 is 0 Å². The second kappa shape index (κ2) is 17.7. The van der Waals surface area contributed by atoms with Crippen LogP contribution in [0.3, 0.4) is 0 Å². The summed E-state index contributed by atoms with van der Waals surface area (Å²) >= 11 is 0. The smallest absolute Gasteiger partial charge is 0.131 e. The highest BCUT2D eigenvalue weighted by Gasteiger charge is 2.05. The first-order valence-electron chi connectivity index (χ1n) is 11.9. The number of amidine groups is 4. The highest BCUT2D eigenvalue weighted by molar-refractivity contribution is 6.01. The molecule has 4 rings (SSSR count). The molecular weight excluding hydrogens is 614 g/mol. The number of nitrogens with two attached hydrogens (primary N) is 4. The molecule has 0 unspecified atom stereocenters. The van der Waals surface area contributed by atoms with Crippen molar-refractivity contribution in [1.82, 2.24) is 0 Å². The molecule has 0 heterocycles.